The fraction of sp³-hybridized carbons (Fsp3) is 0.300. The summed E-state index contributed by atoms with van der Waals surface area (Å²) in [7, 11) is 0. The van der Waals surface area contributed by atoms with Crippen molar-refractivity contribution >= 4 is 16.9 Å². The fourth-order valence-corrected chi connectivity index (χ4v) is 3.40. The van der Waals surface area contributed by atoms with Crippen LogP contribution in [0.4, 0.5) is 0 Å². The first-order valence-electron chi connectivity index (χ1n) is 8.71. The normalized spacial score (nSPS) is 15.6. The second kappa shape index (κ2) is 6.69. The maximum absolute atomic E-state index is 12.8. The predicted octanol–water partition coefficient (Wildman–Crippen LogP) is 2.83. The standard InChI is InChI=1S/C20H22N4O/c1-15-21-18-8-7-17(13-19(18)22-15)20(25)24-11-9-23(10-12-24)14-16-5-3-2-4-6-16/h2-8,13H,9-12,14H2,1H3,(H,21,22). The van der Waals surface area contributed by atoms with Gasteiger partial charge in [-0.15, -0.1) is 0 Å². The number of nitrogens with one attached hydrogen (secondary N) is 1. The van der Waals surface area contributed by atoms with Crippen molar-refractivity contribution in [2.45, 2.75) is 13.5 Å². The van der Waals surface area contributed by atoms with E-state index in [1.165, 1.54) is 5.56 Å². The molecular formula is C20H22N4O. The summed E-state index contributed by atoms with van der Waals surface area (Å²) in [5.74, 6) is 0.975. The zero-order chi connectivity index (χ0) is 17.2. The number of imidazole rings is 1. The van der Waals surface area contributed by atoms with Gasteiger partial charge in [0.05, 0.1) is 11.0 Å². The Morgan fingerprint density at radius 3 is 2.60 bits per heavy atom. The quantitative estimate of drug-likeness (QED) is 0.801. The first-order chi connectivity index (χ1) is 12.2. The molecule has 1 N–H and O–H groups in total. The number of carbonyl (C=O) groups excluding carboxylic acids is 1. The summed E-state index contributed by atoms with van der Waals surface area (Å²) in [6, 6.07) is 16.2. The molecule has 3 aromatic rings. The molecule has 5 nitrogen and oxygen atoms in total. The number of hydrogen-bond acceptors (Lipinski definition) is 3. The number of amides is 1. The van der Waals surface area contributed by atoms with Gasteiger partial charge >= 0.3 is 0 Å². The van der Waals surface area contributed by atoms with E-state index in [-0.39, 0.29) is 5.91 Å². The van der Waals surface area contributed by atoms with Crippen molar-refractivity contribution < 1.29 is 4.79 Å². The molecule has 1 aliphatic rings. The summed E-state index contributed by atoms with van der Waals surface area (Å²) in [6.07, 6.45) is 0. The summed E-state index contributed by atoms with van der Waals surface area (Å²) < 4.78 is 0. The number of hydrogen-bond donors (Lipinski definition) is 1. The van der Waals surface area contributed by atoms with Crippen LogP contribution in [0.1, 0.15) is 21.7 Å². The van der Waals surface area contributed by atoms with Gasteiger partial charge in [0.1, 0.15) is 5.82 Å². The largest absolute Gasteiger partial charge is 0.342 e. The highest BCUT2D eigenvalue weighted by Crippen LogP contribution is 2.16. The second-order valence-corrected chi connectivity index (χ2v) is 6.61. The van der Waals surface area contributed by atoms with Crippen LogP contribution in [-0.2, 0) is 6.54 Å². The monoisotopic (exact) mass is 334 g/mol. The third kappa shape index (κ3) is 3.42. The van der Waals surface area contributed by atoms with Crippen LogP contribution in [-0.4, -0.2) is 51.9 Å². The van der Waals surface area contributed by atoms with E-state index in [4.69, 9.17) is 0 Å². The lowest BCUT2D eigenvalue weighted by atomic mass is 10.1. The van der Waals surface area contributed by atoms with Gasteiger partial charge in [-0.05, 0) is 30.7 Å². The average molecular weight is 334 g/mol. The maximum atomic E-state index is 12.8. The number of rotatable bonds is 3. The molecule has 0 unspecified atom stereocenters. The Labute approximate surface area is 147 Å². The predicted molar refractivity (Wildman–Crippen MR) is 98.5 cm³/mol. The SMILES string of the molecule is Cc1nc2ccc(C(=O)N3CCN(Cc4ccccc4)CC3)cc2[nH]1. The molecule has 1 aliphatic heterocycles. The van der Waals surface area contributed by atoms with Crippen LogP contribution in [0.25, 0.3) is 11.0 Å². The van der Waals surface area contributed by atoms with Crippen molar-refractivity contribution in [3.63, 3.8) is 0 Å². The molecule has 0 aliphatic carbocycles. The zero-order valence-electron chi connectivity index (χ0n) is 14.4. The highest BCUT2D eigenvalue weighted by Gasteiger charge is 2.22. The van der Waals surface area contributed by atoms with Crippen LogP contribution in [0, 0.1) is 6.92 Å². The number of aromatic amines is 1. The summed E-state index contributed by atoms with van der Waals surface area (Å²) in [5, 5.41) is 0. The Kier molecular flexibility index (Phi) is 4.24. The number of piperazine rings is 1. The lowest BCUT2D eigenvalue weighted by Crippen LogP contribution is -2.48. The van der Waals surface area contributed by atoms with Gasteiger partial charge in [-0.3, -0.25) is 9.69 Å². The Bertz CT molecular complexity index is 879. The molecule has 128 valence electrons. The molecule has 4 rings (SSSR count). The Hall–Kier alpha value is -2.66. The first-order valence-corrected chi connectivity index (χ1v) is 8.71. The van der Waals surface area contributed by atoms with Crippen LogP contribution in [0.3, 0.4) is 0 Å². The van der Waals surface area contributed by atoms with Crippen LogP contribution in [0.5, 0.6) is 0 Å². The molecule has 1 aromatic heterocycles. The summed E-state index contributed by atoms with van der Waals surface area (Å²) in [4.78, 5) is 24.7. The van der Waals surface area contributed by atoms with Crippen molar-refractivity contribution in [1.82, 2.24) is 19.8 Å². The van der Waals surface area contributed by atoms with E-state index in [1.807, 2.05) is 36.1 Å². The van der Waals surface area contributed by atoms with E-state index >= 15 is 0 Å². The number of nitrogens with zero attached hydrogens (tertiary/aromatic N) is 3. The third-order valence-electron chi connectivity index (χ3n) is 4.76. The minimum Gasteiger partial charge on any atom is -0.342 e. The van der Waals surface area contributed by atoms with Gasteiger partial charge in [0.15, 0.2) is 0 Å². The van der Waals surface area contributed by atoms with Gasteiger partial charge in [-0.2, -0.15) is 0 Å². The third-order valence-corrected chi connectivity index (χ3v) is 4.76. The highest BCUT2D eigenvalue weighted by molar-refractivity contribution is 5.97. The van der Waals surface area contributed by atoms with E-state index in [0.717, 1.165) is 55.1 Å². The topological polar surface area (TPSA) is 52.2 Å². The molecule has 0 atom stereocenters. The average Bonchev–Trinajstić information content (AvgIpc) is 3.02. The minimum absolute atomic E-state index is 0.105. The van der Waals surface area contributed by atoms with Gasteiger partial charge in [0.2, 0.25) is 0 Å². The molecule has 1 amide bonds. The summed E-state index contributed by atoms with van der Waals surface area (Å²) >= 11 is 0. The Morgan fingerprint density at radius 2 is 1.84 bits per heavy atom. The minimum atomic E-state index is 0.105. The van der Waals surface area contributed by atoms with Crippen molar-refractivity contribution in [1.29, 1.82) is 0 Å². The van der Waals surface area contributed by atoms with Crippen molar-refractivity contribution in [3.8, 4) is 0 Å². The number of carbonyl (C=O) groups is 1. The number of aromatic nitrogens is 2. The molecule has 2 aromatic carbocycles. The van der Waals surface area contributed by atoms with Gasteiger partial charge in [0.25, 0.3) is 5.91 Å². The molecule has 0 bridgehead atoms. The molecule has 1 saturated heterocycles. The molecule has 0 spiro atoms. The van der Waals surface area contributed by atoms with Gasteiger partial charge in [-0.1, -0.05) is 30.3 Å². The summed E-state index contributed by atoms with van der Waals surface area (Å²) in [6.45, 7) is 6.23. The number of fused-ring (bicyclic) bond motifs is 1. The first kappa shape index (κ1) is 15.8. The lowest BCUT2D eigenvalue weighted by molar-refractivity contribution is 0.0628. The van der Waals surface area contributed by atoms with Gasteiger partial charge in [0, 0.05) is 38.3 Å². The number of benzene rings is 2. The van der Waals surface area contributed by atoms with Crippen molar-refractivity contribution in [2.24, 2.45) is 0 Å². The van der Waals surface area contributed by atoms with E-state index in [9.17, 15) is 4.79 Å². The maximum Gasteiger partial charge on any atom is 0.254 e. The highest BCUT2D eigenvalue weighted by atomic mass is 16.2. The molecule has 2 heterocycles. The molecule has 0 saturated carbocycles. The van der Waals surface area contributed by atoms with Crippen LogP contribution in [0.15, 0.2) is 48.5 Å². The summed E-state index contributed by atoms with van der Waals surface area (Å²) in [5.41, 5.74) is 3.88. The van der Waals surface area contributed by atoms with E-state index in [1.54, 1.807) is 0 Å². The Morgan fingerprint density at radius 1 is 1.08 bits per heavy atom. The van der Waals surface area contributed by atoms with Crippen LogP contribution in [0.2, 0.25) is 0 Å². The van der Waals surface area contributed by atoms with Gasteiger partial charge < -0.3 is 9.88 Å². The van der Waals surface area contributed by atoms with Crippen LogP contribution >= 0.6 is 0 Å². The molecule has 1 fully saturated rings. The van der Waals surface area contributed by atoms with Gasteiger partial charge in [-0.25, -0.2) is 4.98 Å². The number of H-pyrrole nitrogens is 1. The lowest BCUT2D eigenvalue weighted by Gasteiger charge is -2.34. The number of aryl methyl sites for hydroxylation is 1. The van der Waals surface area contributed by atoms with E-state index < -0.39 is 0 Å². The molecular weight excluding hydrogens is 312 g/mol. The van der Waals surface area contributed by atoms with Crippen molar-refractivity contribution in [2.75, 3.05) is 26.2 Å². The molecule has 25 heavy (non-hydrogen) atoms. The Balaban J connectivity index is 1.40. The fourth-order valence-electron chi connectivity index (χ4n) is 3.40. The van der Waals surface area contributed by atoms with E-state index in [0.29, 0.717) is 0 Å². The second-order valence-electron chi connectivity index (χ2n) is 6.61. The van der Waals surface area contributed by atoms with Crippen molar-refractivity contribution in [3.05, 3.63) is 65.5 Å². The molecule has 0 radical (unpaired) electrons. The van der Waals surface area contributed by atoms with Crippen LogP contribution < -0.4 is 0 Å². The smallest absolute Gasteiger partial charge is 0.254 e. The van der Waals surface area contributed by atoms with E-state index in [2.05, 4.69) is 39.1 Å². The zero-order valence-corrected chi connectivity index (χ0v) is 14.4. The molecule has 5 heteroatoms.